The molecule has 0 atom stereocenters. The fourth-order valence-electron chi connectivity index (χ4n) is 1.09. The van der Waals surface area contributed by atoms with E-state index in [0.29, 0.717) is 0 Å². The van der Waals surface area contributed by atoms with Gasteiger partial charge in [0.1, 0.15) is 0 Å². The highest BCUT2D eigenvalue weighted by Crippen LogP contribution is 2.04. The lowest BCUT2D eigenvalue weighted by atomic mass is 10.1. The van der Waals surface area contributed by atoms with Gasteiger partial charge in [-0.3, -0.25) is 0 Å². The third kappa shape index (κ3) is 2.57. The van der Waals surface area contributed by atoms with Gasteiger partial charge in [-0.25, -0.2) is 0 Å². The molecule has 1 rings (SSSR count). The Labute approximate surface area is 74.7 Å². The van der Waals surface area contributed by atoms with Crippen LogP contribution in [-0.2, 0) is 0 Å². The van der Waals surface area contributed by atoms with E-state index in [-0.39, 0.29) is 0 Å². The summed E-state index contributed by atoms with van der Waals surface area (Å²) in [6, 6.07) is 4.18. The van der Waals surface area contributed by atoms with Gasteiger partial charge < -0.3 is 4.57 Å². The lowest BCUT2D eigenvalue weighted by Crippen LogP contribution is -1.87. The van der Waals surface area contributed by atoms with Crippen molar-refractivity contribution in [1.82, 2.24) is 4.57 Å². The van der Waals surface area contributed by atoms with E-state index < -0.39 is 0 Å². The molecule has 0 aliphatic carbocycles. The zero-order valence-electron chi connectivity index (χ0n) is 8.12. The average Bonchev–Trinajstić information content (AvgIpc) is 2.36. The molecular weight excluding hydrogens is 146 g/mol. The molecule has 1 heterocycles. The summed E-state index contributed by atoms with van der Waals surface area (Å²) in [6.45, 7) is 6.57. The molecule has 0 aliphatic rings. The molecule has 1 heteroatoms. The topological polar surface area (TPSA) is 4.93 Å². The minimum Gasteiger partial charge on any atom is -0.328 e. The molecule has 0 fully saturated rings. The van der Waals surface area contributed by atoms with Gasteiger partial charge in [0.2, 0.25) is 0 Å². The number of hydrogen-bond acceptors (Lipinski definition) is 0. The Morgan fingerprint density at radius 1 is 1.50 bits per heavy atom. The fourth-order valence-corrected chi connectivity index (χ4v) is 1.09. The molecule has 12 heavy (non-hydrogen) atoms. The first-order chi connectivity index (χ1) is 5.70. The van der Waals surface area contributed by atoms with Crippen molar-refractivity contribution >= 4 is 6.20 Å². The zero-order chi connectivity index (χ0) is 8.97. The molecule has 0 saturated carbocycles. The van der Waals surface area contributed by atoms with Gasteiger partial charge >= 0.3 is 0 Å². The van der Waals surface area contributed by atoms with Gasteiger partial charge in [-0.1, -0.05) is 19.9 Å². The van der Waals surface area contributed by atoms with Crippen LogP contribution in [0.3, 0.4) is 0 Å². The summed E-state index contributed by atoms with van der Waals surface area (Å²) in [7, 11) is 0. The molecule has 0 N–H and O–H groups in total. The van der Waals surface area contributed by atoms with Crippen molar-refractivity contribution in [2.45, 2.75) is 27.2 Å². The predicted octanol–water partition coefficient (Wildman–Crippen LogP) is 3.31. The molecule has 0 amide bonds. The third-order valence-corrected chi connectivity index (χ3v) is 1.86. The van der Waals surface area contributed by atoms with Crippen LogP contribution in [0.1, 0.15) is 26.0 Å². The third-order valence-electron chi connectivity index (χ3n) is 1.86. The lowest BCUT2D eigenvalue weighted by Gasteiger charge is -1.99. The highest BCUT2D eigenvalue weighted by Gasteiger charge is 1.90. The Morgan fingerprint density at radius 2 is 2.25 bits per heavy atom. The Hall–Kier alpha value is -0.980. The van der Waals surface area contributed by atoms with Gasteiger partial charge in [-0.05, 0) is 31.4 Å². The minimum atomic E-state index is 0.747. The molecule has 0 aromatic carbocycles. The van der Waals surface area contributed by atoms with Crippen LogP contribution in [0.25, 0.3) is 6.20 Å². The maximum atomic E-state index is 2.23. The predicted molar refractivity (Wildman–Crippen MR) is 54.0 cm³/mol. The van der Waals surface area contributed by atoms with Crippen molar-refractivity contribution in [2.75, 3.05) is 0 Å². The Bertz CT molecular complexity index is 256. The van der Waals surface area contributed by atoms with E-state index in [0.717, 1.165) is 12.3 Å². The van der Waals surface area contributed by atoms with Crippen LogP contribution in [0.4, 0.5) is 0 Å². The van der Waals surface area contributed by atoms with Crippen LogP contribution < -0.4 is 0 Å². The average molecular weight is 163 g/mol. The molecule has 1 nitrogen and oxygen atoms in total. The molecule has 0 bridgehead atoms. The van der Waals surface area contributed by atoms with Crippen molar-refractivity contribution in [3.8, 4) is 0 Å². The maximum Gasteiger partial charge on any atom is 0.0189 e. The van der Waals surface area contributed by atoms with E-state index in [1.165, 1.54) is 5.69 Å². The largest absolute Gasteiger partial charge is 0.328 e. The summed E-state index contributed by atoms with van der Waals surface area (Å²) in [5.74, 6) is 0.747. The standard InChI is InChI=1S/C11H17N/c1-10(2)6-4-8-12-9-5-7-11(12)3/h4-5,7-10H,6H2,1-3H3. The number of hydrogen-bond donors (Lipinski definition) is 0. The van der Waals surface area contributed by atoms with Gasteiger partial charge in [0, 0.05) is 18.1 Å². The molecular formula is C11H17N. The summed E-state index contributed by atoms with van der Waals surface area (Å²) in [6.07, 6.45) is 7.58. The first-order valence-corrected chi connectivity index (χ1v) is 4.50. The summed E-state index contributed by atoms with van der Waals surface area (Å²) in [4.78, 5) is 0. The number of allylic oxidation sites excluding steroid dienone is 1. The van der Waals surface area contributed by atoms with Crippen LogP contribution in [-0.4, -0.2) is 4.57 Å². The smallest absolute Gasteiger partial charge is 0.0189 e. The highest BCUT2D eigenvalue weighted by atomic mass is 14.9. The van der Waals surface area contributed by atoms with Gasteiger partial charge in [-0.2, -0.15) is 0 Å². The minimum absolute atomic E-state index is 0.747. The number of rotatable bonds is 3. The molecule has 0 unspecified atom stereocenters. The fraction of sp³-hybridized carbons (Fsp3) is 0.455. The number of nitrogens with zero attached hydrogens (tertiary/aromatic N) is 1. The molecule has 1 aromatic heterocycles. The Morgan fingerprint density at radius 3 is 2.75 bits per heavy atom. The van der Waals surface area contributed by atoms with E-state index in [2.05, 4.69) is 55.9 Å². The van der Waals surface area contributed by atoms with E-state index in [9.17, 15) is 0 Å². The molecule has 0 saturated heterocycles. The normalized spacial score (nSPS) is 11.7. The molecule has 1 aromatic rings. The van der Waals surface area contributed by atoms with E-state index in [4.69, 9.17) is 0 Å². The van der Waals surface area contributed by atoms with Crippen molar-refractivity contribution in [3.63, 3.8) is 0 Å². The lowest BCUT2D eigenvalue weighted by molar-refractivity contribution is 0.664. The first kappa shape index (κ1) is 9.11. The van der Waals surface area contributed by atoms with Crippen molar-refractivity contribution in [2.24, 2.45) is 5.92 Å². The summed E-state index contributed by atoms with van der Waals surface area (Å²) >= 11 is 0. The van der Waals surface area contributed by atoms with E-state index in [1.54, 1.807) is 0 Å². The van der Waals surface area contributed by atoms with Crippen LogP contribution in [0, 0.1) is 12.8 Å². The van der Waals surface area contributed by atoms with Gasteiger partial charge in [0.05, 0.1) is 0 Å². The van der Waals surface area contributed by atoms with Gasteiger partial charge in [0.15, 0.2) is 0 Å². The Kier molecular flexibility index (Phi) is 3.15. The van der Waals surface area contributed by atoms with Gasteiger partial charge in [0.25, 0.3) is 0 Å². The number of aryl methyl sites for hydroxylation is 1. The maximum absolute atomic E-state index is 2.23. The summed E-state index contributed by atoms with van der Waals surface area (Å²) in [5, 5.41) is 0. The van der Waals surface area contributed by atoms with Crippen LogP contribution >= 0.6 is 0 Å². The SMILES string of the molecule is Cc1cccn1C=CCC(C)C. The van der Waals surface area contributed by atoms with E-state index >= 15 is 0 Å². The van der Waals surface area contributed by atoms with Crippen LogP contribution in [0.2, 0.25) is 0 Å². The quantitative estimate of drug-likeness (QED) is 0.644. The highest BCUT2D eigenvalue weighted by molar-refractivity contribution is 5.27. The molecule has 0 spiro atoms. The zero-order valence-corrected chi connectivity index (χ0v) is 8.12. The second-order valence-corrected chi connectivity index (χ2v) is 3.57. The second kappa shape index (κ2) is 4.15. The summed E-state index contributed by atoms with van der Waals surface area (Å²) < 4.78 is 2.14. The molecule has 0 aliphatic heterocycles. The Balaban J connectivity index is 2.52. The molecule has 66 valence electrons. The van der Waals surface area contributed by atoms with Crippen molar-refractivity contribution in [3.05, 3.63) is 30.1 Å². The summed E-state index contributed by atoms with van der Waals surface area (Å²) in [5.41, 5.74) is 1.29. The number of aromatic nitrogens is 1. The van der Waals surface area contributed by atoms with Crippen LogP contribution in [0.5, 0.6) is 0 Å². The molecule has 0 radical (unpaired) electrons. The first-order valence-electron chi connectivity index (χ1n) is 4.50. The van der Waals surface area contributed by atoms with Crippen molar-refractivity contribution < 1.29 is 0 Å². The van der Waals surface area contributed by atoms with Crippen LogP contribution in [0.15, 0.2) is 24.4 Å². The van der Waals surface area contributed by atoms with Crippen molar-refractivity contribution in [1.29, 1.82) is 0 Å². The monoisotopic (exact) mass is 163 g/mol. The van der Waals surface area contributed by atoms with Gasteiger partial charge in [-0.15, -0.1) is 0 Å². The second-order valence-electron chi connectivity index (χ2n) is 3.57. The van der Waals surface area contributed by atoms with E-state index in [1.807, 2.05) is 0 Å².